The largest absolute Gasteiger partial charge is 0.417 e. The summed E-state index contributed by atoms with van der Waals surface area (Å²) < 4.78 is 27.5. The number of benzene rings is 1. The van der Waals surface area contributed by atoms with E-state index < -0.39 is 29.5 Å². The van der Waals surface area contributed by atoms with Crippen molar-refractivity contribution in [3.63, 3.8) is 0 Å². The molecule has 1 unspecified atom stereocenters. The summed E-state index contributed by atoms with van der Waals surface area (Å²) in [6.07, 6.45) is 2.16. The lowest BCUT2D eigenvalue weighted by Gasteiger charge is -2.32. The van der Waals surface area contributed by atoms with Crippen LogP contribution in [0.4, 0.5) is 19.3 Å². The molecule has 0 aliphatic carbocycles. The maximum absolute atomic E-state index is 14.0. The molecule has 1 fully saturated rings. The van der Waals surface area contributed by atoms with Crippen molar-refractivity contribution in [1.82, 2.24) is 9.80 Å². The van der Waals surface area contributed by atoms with Crippen molar-refractivity contribution >= 4 is 29.2 Å². The topological polar surface area (TPSA) is 67.0 Å². The Balaban J connectivity index is 2.17. The summed E-state index contributed by atoms with van der Waals surface area (Å²) in [5.41, 5.74) is 0.796. The van der Waals surface area contributed by atoms with Crippen molar-refractivity contribution in [2.75, 3.05) is 14.1 Å². The lowest BCUT2D eigenvalue weighted by atomic mass is 9.89. The number of fused-ring (bicyclic) bond motifs is 1. The van der Waals surface area contributed by atoms with Crippen LogP contribution in [0.15, 0.2) is 35.0 Å². The fourth-order valence-electron chi connectivity index (χ4n) is 2.89. The minimum atomic E-state index is -0.879. The Kier molecular flexibility index (Phi) is 4.20. The van der Waals surface area contributed by atoms with Crippen LogP contribution in [0.25, 0.3) is 0 Å². The fraction of sp³-hybridized carbons (Fsp3) is 0.294. The molecule has 6 nitrogen and oxygen atoms in total. The van der Waals surface area contributed by atoms with Crippen LogP contribution < -0.4 is 4.99 Å². The molecule has 0 radical (unpaired) electrons. The number of hydrogen-bond acceptors (Lipinski definition) is 3. The Labute approximate surface area is 143 Å². The Morgan fingerprint density at radius 1 is 1.20 bits per heavy atom. The van der Waals surface area contributed by atoms with Gasteiger partial charge in [0, 0.05) is 18.7 Å². The minimum Gasteiger partial charge on any atom is -0.273 e. The van der Waals surface area contributed by atoms with E-state index in [0.717, 1.165) is 23.1 Å². The van der Waals surface area contributed by atoms with Gasteiger partial charge < -0.3 is 0 Å². The molecular formula is C17H17F2N4O2+. The van der Waals surface area contributed by atoms with E-state index in [1.807, 2.05) is 6.92 Å². The molecule has 1 aromatic carbocycles. The van der Waals surface area contributed by atoms with Gasteiger partial charge in [-0.15, -0.1) is 0 Å². The Morgan fingerprint density at radius 3 is 2.60 bits per heavy atom. The number of nitrogens with one attached hydrogen (secondary N) is 1. The number of amidine groups is 1. The molecule has 1 saturated heterocycles. The molecule has 130 valence electrons. The van der Waals surface area contributed by atoms with Crippen molar-refractivity contribution in [3.05, 3.63) is 41.6 Å². The molecule has 0 spiro atoms. The summed E-state index contributed by atoms with van der Waals surface area (Å²) in [6, 6.07) is 2.48. The Morgan fingerprint density at radius 2 is 1.92 bits per heavy atom. The van der Waals surface area contributed by atoms with Gasteiger partial charge in [-0.25, -0.2) is 28.5 Å². The van der Waals surface area contributed by atoms with Crippen molar-refractivity contribution in [2.24, 2.45) is 10.9 Å². The van der Waals surface area contributed by atoms with Crippen LogP contribution in [-0.2, 0) is 4.79 Å². The fourth-order valence-corrected chi connectivity index (χ4v) is 2.89. The number of urea groups is 1. The summed E-state index contributed by atoms with van der Waals surface area (Å²) in [4.78, 5) is 34.3. The third-order valence-electron chi connectivity index (χ3n) is 4.31. The molecular weight excluding hydrogens is 330 g/mol. The number of imide groups is 1. The summed E-state index contributed by atoms with van der Waals surface area (Å²) in [5, 5.41) is 0. The molecule has 3 rings (SSSR count). The zero-order chi connectivity index (χ0) is 18.3. The van der Waals surface area contributed by atoms with E-state index >= 15 is 0 Å². The molecule has 0 saturated carbocycles. The lowest BCUT2D eigenvalue weighted by Crippen LogP contribution is -2.80. The van der Waals surface area contributed by atoms with Crippen LogP contribution in [0.5, 0.6) is 0 Å². The summed E-state index contributed by atoms with van der Waals surface area (Å²) in [7, 11) is 2.91. The molecule has 25 heavy (non-hydrogen) atoms. The predicted octanol–water partition coefficient (Wildman–Crippen LogP) is 0.964. The van der Waals surface area contributed by atoms with Gasteiger partial charge in [0.15, 0.2) is 5.92 Å². The van der Waals surface area contributed by atoms with Crippen LogP contribution in [0.3, 0.4) is 0 Å². The molecule has 2 aliphatic rings. The van der Waals surface area contributed by atoms with Gasteiger partial charge in [0.05, 0.1) is 19.0 Å². The highest BCUT2D eigenvalue weighted by atomic mass is 19.1. The van der Waals surface area contributed by atoms with Crippen LogP contribution in [0.2, 0.25) is 0 Å². The number of rotatable bonds is 2. The highest BCUT2D eigenvalue weighted by molar-refractivity contribution is 6.31. The molecule has 3 amide bonds. The molecule has 1 N–H and O–H groups in total. The van der Waals surface area contributed by atoms with E-state index in [1.165, 1.54) is 19.0 Å². The maximum Gasteiger partial charge on any atom is 0.417 e. The van der Waals surface area contributed by atoms with Crippen molar-refractivity contribution < 1.29 is 23.4 Å². The van der Waals surface area contributed by atoms with Crippen LogP contribution in [0.1, 0.15) is 13.3 Å². The third-order valence-corrected chi connectivity index (χ3v) is 4.31. The second kappa shape index (κ2) is 6.19. The van der Waals surface area contributed by atoms with E-state index in [2.05, 4.69) is 9.98 Å². The molecule has 0 aromatic heterocycles. The average Bonchev–Trinajstić information content (AvgIpc) is 2.60. The van der Waals surface area contributed by atoms with Crippen LogP contribution in [0, 0.1) is 17.6 Å². The molecule has 0 bridgehead atoms. The standard InChI is InChI=1S/C17H16F2N4O2/c1-4-9-8-20-15-13(16(24)23(3)17(25)22(15)2)14(9)21-12-7-10(18)5-6-11(12)19/h5-8,13H,4H2,1-3H3/p+1. The molecule has 1 atom stereocenters. The van der Waals surface area contributed by atoms with Gasteiger partial charge in [0.2, 0.25) is 0 Å². The minimum absolute atomic E-state index is 0.189. The van der Waals surface area contributed by atoms with Gasteiger partial charge in [-0.3, -0.25) is 4.79 Å². The Hall–Kier alpha value is -2.90. The number of hydrogen-bond donors (Lipinski definition) is 1. The van der Waals surface area contributed by atoms with Gasteiger partial charge in [-0.05, 0) is 18.6 Å². The van der Waals surface area contributed by atoms with E-state index in [9.17, 15) is 18.4 Å². The second-order valence-electron chi connectivity index (χ2n) is 5.82. The lowest BCUT2D eigenvalue weighted by molar-refractivity contribution is -0.383. The first kappa shape index (κ1) is 16.9. The number of aliphatic imine (C=N–C) groups is 1. The summed E-state index contributed by atoms with van der Waals surface area (Å²) in [5.74, 6) is -2.32. The molecule has 8 heteroatoms. The van der Waals surface area contributed by atoms with Gasteiger partial charge in [0.1, 0.15) is 17.3 Å². The molecule has 1 aromatic rings. The zero-order valence-corrected chi connectivity index (χ0v) is 14.0. The van der Waals surface area contributed by atoms with Gasteiger partial charge in [0.25, 0.3) is 11.7 Å². The van der Waals surface area contributed by atoms with E-state index in [1.54, 1.807) is 6.20 Å². The monoisotopic (exact) mass is 347 g/mol. The first-order chi connectivity index (χ1) is 11.8. The first-order valence-electron chi connectivity index (χ1n) is 7.76. The first-order valence-corrected chi connectivity index (χ1v) is 7.76. The van der Waals surface area contributed by atoms with Gasteiger partial charge in [-0.2, -0.15) is 4.90 Å². The normalized spacial score (nSPS) is 22.1. The van der Waals surface area contributed by atoms with Gasteiger partial charge >= 0.3 is 6.03 Å². The number of allylic oxidation sites excluding steroid dienone is 1. The quantitative estimate of drug-likeness (QED) is 0.866. The van der Waals surface area contributed by atoms with Crippen molar-refractivity contribution in [2.45, 2.75) is 13.3 Å². The summed E-state index contributed by atoms with van der Waals surface area (Å²) in [6.45, 7) is 1.86. The summed E-state index contributed by atoms with van der Waals surface area (Å²) >= 11 is 0. The second-order valence-corrected chi connectivity index (χ2v) is 5.82. The van der Waals surface area contributed by atoms with Crippen molar-refractivity contribution in [1.29, 1.82) is 0 Å². The van der Waals surface area contributed by atoms with Gasteiger partial charge in [-0.1, -0.05) is 6.92 Å². The van der Waals surface area contributed by atoms with Crippen LogP contribution in [-0.4, -0.2) is 47.4 Å². The highest BCUT2D eigenvalue weighted by Gasteiger charge is 2.50. The van der Waals surface area contributed by atoms with E-state index in [-0.39, 0.29) is 5.69 Å². The number of halogens is 2. The maximum atomic E-state index is 14.0. The molecule has 2 heterocycles. The average molecular weight is 347 g/mol. The number of carbonyl (C=O) groups excluding carboxylic acids is 2. The number of nitrogens with zero attached hydrogens (tertiary/aromatic N) is 3. The van der Waals surface area contributed by atoms with Crippen LogP contribution >= 0.6 is 0 Å². The molecule has 2 aliphatic heterocycles. The zero-order valence-electron chi connectivity index (χ0n) is 14.0. The SMILES string of the molecule is CCC1=C[NH+]=C2C(C(=O)N(C)C(=O)N2C)C1=Nc1cc(F)ccc1F. The van der Waals surface area contributed by atoms with E-state index in [4.69, 9.17) is 0 Å². The number of amides is 3. The highest BCUT2D eigenvalue weighted by Crippen LogP contribution is 2.27. The van der Waals surface area contributed by atoms with E-state index in [0.29, 0.717) is 23.5 Å². The third kappa shape index (κ3) is 2.73. The Bertz CT molecular complexity index is 860. The van der Waals surface area contributed by atoms with Crippen molar-refractivity contribution in [3.8, 4) is 0 Å². The predicted molar refractivity (Wildman–Crippen MR) is 87.2 cm³/mol. The number of carbonyl (C=O) groups is 2. The smallest absolute Gasteiger partial charge is 0.273 e.